The van der Waals surface area contributed by atoms with Gasteiger partial charge in [-0.2, -0.15) is 0 Å². The third kappa shape index (κ3) is 6.38. The summed E-state index contributed by atoms with van der Waals surface area (Å²) in [4.78, 5) is 61.1. The van der Waals surface area contributed by atoms with Crippen molar-refractivity contribution in [1.82, 2.24) is 4.57 Å². The Balaban J connectivity index is 1.57. The highest BCUT2D eigenvalue weighted by molar-refractivity contribution is 6.34. The highest BCUT2D eigenvalue weighted by Crippen LogP contribution is 2.27. The fourth-order valence-corrected chi connectivity index (χ4v) is 3.89. The minimum atomic E-state index is -0.724. The molecule has 0 spiro atoms. The Kier molecular flexibility index (Phi) is 7.88. The van der Waals surface area contributed by atoms with E-state index < -0.39 is 17.7 Å². The number of aromatic nitrogens is 1. The van der Waals surface area contributed by atoms with Crippen LogP contribution < -0.4 is 27.2 Å². The molecule has 0 atom stereocenters. The Hall–Kier alpha value is -5.22. The van der Waals surface area contributed by atoms with Crippen LogP contribution in [-0.2, 0) is 4.79 Å². The van der Waals surface area contributed by atoms with Crippen LogP contribution in [0.15, 0.2) is 89.9 Å². The van der Waals surface area contributed by atoms with Gasteiger partial charge in [-0.15, -0.1) is 0 Å². The molecule has 0 radical (unpaired) electrons. The van der Waals surface area contributed by atoms with Gasteiger partial charge in [0.1, 0.15) is 0 Å². The van der Waals surface area contributed by atoms with Crippen molar-refractivity contribution < 1.29 is 19.2 Å². The van der Waals surface area contributed by atoms with Crippen LogP contribution in [0.25, 0.3) is 5.69 Å². The van der Waals surface area contributed by atoms with Crippen LogP contribution in [0.2, 0.25) is 5.02 Å². The molecule has 1 heterocycles. The molecule has 1 aromatic heterocycles. The maximum absolute atomic E-state index is 13.0. The van der Waals surface area contributed by atoms with Crippen molar-refractivity contribution in [3.63, 3.8) is 0 Å². The van der Waals surface area contributed by atoms with Gasteiger partial charge in [0.15, 0.2) is 0 Å². The lowest BCUT2D eigenvalue weighted by atomic mass is 10.1. The summed E-state index contributed by atoms with van der Waals surface area (Å²) < 4.78 is 1.44. The highest BCUT2D eigenvalue weighted by Gasteiger charge is 2.16. The number of pyridine rings is 1. The SMILES string of the molecule is CC(=O)Nc1ccc(C(=O)Nc2cc(C(N)=O)ccc2NC(=O)c2ccc(-n3ccccc3=O)cc2)cc1Cl. The zero-order chi connectivity index (χ0) is 28.1. The smallest absolute Gasteiger partial charge is 0.255 e. The topological polar surface area (TPSA) is 152 Å². The van der Waals surface area contributed by atoms with Crippen molar-refractivity contribution in [3.8, 4) is 5.69 Å². The molecule has 4 aromatic rings. The van der Waals surface area contributed by atoms with E-state index in [1.807, 2.05) is 0 Å². The van der Waals surface area contributed by atoms with Gasteiger partial charge < -0.3 is 21.7 Å². The van der Waals surface area contributed by atoms with Crippen LogP contribution >= 0.6 is 11.6 Å². The zero-order valence-electron chi connectivity index (χ0n) is 20.5. The zero-order valence-corrected chi connectivity index (χ0v) is 21.3. The minimum absolute atomic E-state index is 0.111. The maximum atomic E-state index is 13.0. The molecular formula is C28H22ClN5O5. The Morgan fingerprint density at radius 2 is 1.33 bits per heavy atom. The first kappa shape index (κ1) is 26.8. The summed E-state index contributed by atoms with van der Waals surface area (Å²) in [6.07, 6.45) is 1.62. The largest absolute Gasteiger partial charge is 0.366 e. The number of amides is 4. The lowest BCUT2D eigenvalue weighted by Gasteiger charge is -2.14. The first-order valence-corrected chi connectivity index (χ1v) is 11.9. The number of anilines is 3. The van der Waals surface area contributed by atoms with Crippen molar-refractivity contribution in [3.05, 3.63) is 117 Å². The molecule has 0 aliphatic heterocycles. The standard InChI is InChI=1S/C28H22ClN5O5/c1-16(35)31-22-11-8-19(14-21(22)29)28(39)33-24-15-18(26(30)37)7-12-23(24)32-27(38)17-5-9-20(10-6-17)34-13-3-2-4-25(34)36/h2-15H,1H3,(H2,30,37)(H,31,35)(H,32,38)(H,33,39). The molecule has 39 heavy (non-hydrogen) atoms. The molecule has 0 saturated carbocycles. The van der Waals surface area contributed by atoms with Gasteiger partial charge in [0.25, 0.3) is 17.4 Å². The number of hydrogen-bond donors (Lipinski definition) is 4. The van der Waals surface area contributed by atoms with Gasteiger partial charge >= 0.3 is 0 Å². The van der Waals surface area contributed by atoms with Crippen LogP contribution in [0.1, 0.15) is 38.0 Å². The van der Waals surface area contributed by atoms with E-state index in [0.29, 0.717) is 16.9 Å². The Morgan fingerprint density at radius 1 is 0.718 bits per heavy atom. The molecule has 0 bridgehead atoms. The summed E-state index contributed by atoms with van der Waals surface area (Å²) in [5.41, 5.74) is 7.02. The number of rotatable bonds is 7. The number of nitrogens with one attached hydrogen (secondary N) is 3. The van der Waals surface area contributed by atoms with E-state index in [1.165, 1.54) is 54.0 Å². The third-order valence-electron chi connectivity index (χ3n) is 5.57. The average Bonchev–Trinajstić information content (AvgIpc) is 2.90. The number of nitrogens with zero attached hydrogens (tertiary/aromatic N) is 1. The second-order valence-electron chi connectivity index (χ2n) is 8.36. The summed E-state index contributed by atoms with van der Waals surface area (Å²) in [6.45, 7) is 1.33. The quantitative estimate of drug-likeness (QED) is 0.277. The van der Waals surface area contributed by atoms with Crippen molar-refractivity contribution in [2.75, 3.05) is 16.0 Å². The molecule has 0 aliphatic rings. The summed E-state index contributed by atoms with van der Waals surface area (Å²) in [6, 6.07) is 19.7. The summed E-state index contributed by atoms with van der Waals surface area (Å²) >= 11 is 6.18. The number of hydrogen-bond acceptors (Lipinski definition) is 5. The molecule has 4 rings (SSSR count). The Morgan fingerprint density at radius 3 is 1.97 bits per heavy atom. The number of primary amides is 1. The van der Waals surface area contributed by atoms with Crippen molar-refractivity contribution in [2.24, 2.45) is 5.73 Å². The fraction of sp³-hybridized carbons (Fsp3) is 0.0357. The lowest BCUT2D eigenvalue weighted by Crippen LogP contribution is -2.19. The normalized spacial score (nSPS) is 10.4. The number of carbonyl (C=O) groups is 4. The monoisotopic (exact) mass is 543 g/mol. The van der Waals surface area contributed by atoms with E-state index >= 15 is 0 Å². The third-order valence-corrected chi connectivity index (χ3v) is 5.89. The van der Waals surface area contributed by atoms with Crippen LogP contribution in [0.5, 0.6) is 0 Å². The van der Waals surface area contributed by atoms with E-state index in [2.05, 4.69) is 16.0 Å². The number of benzene rings is 3. The second-order valence-corrected chi connectivity index (χ2v) is 8.77. The Labute approximate surface area is 227 Å². The van der Waals surface area contributed by atoms with Crippen molar-refractivity contribution in [2.45, 2.75) is 6.92 Å². The van der Waals surface area contributed by atoms with Gasteiger partial charge in [-0.3, -0.25) is 28.5 Å². The molecule has 0 fully saturated rings. The van der Waals surface area contributed by atoms with Crippen LogP contribution in [0, 0.1) is 0 Å². The van der Waals surface area contributed by atoms with E-state index in [-0.39, 0.29) is 39.0 Å². The number of halogens is 1. The van der Waals surface area contributed by atoms with Gasteiger partial charge in [0.05, 0.1) is 22.1 Å². The molecule has 4 amide bonds. The summed E-state index contributed by atoms with van der Waals surface area (Å²) in [5, 5.41) is 8.08. The van der Waals surface area contributed by atoms with Crippen LogP contribution in [0.3, 0.4) is 0 Å². The summed E-state index contributed by atoms with van der Waals surface area (Å²) in [7, 11) is 0. The van der Waals surface area contributed by atoms with E-state index in [9.17, 15) is 24.0 Å². The van der Waals surface area contributed by atoms with Gasteiger partial charge in [-0.05, 0) is 66.7 Å². The second kappa shape index (κ2) is 11.4. The van der Waals surface area contributed by atoms with E-state index in [1.54, 1.807) is 42.6 Å². The maximum Gasteiger partial charge on any atom is 0.255 e. The molecule has 0 unspecified atom stereocenters. The molecule has 11 heteroatoms. The molecule has 10 nitrogen and oxygen atoms in total. The van der Waals surface area contributed by atoms with E-state index in [4.69, 9.17) is 17.3 Å². The van der Waals surface area contributed by atoms with Gasteiger partial charge in [-0.25, -0.2) is 0 Å². The average molecular weight is 544 g/mol. The van der Waals surface area contributed by atoms with Crippen LogP contribution in [-0.4, -0.2) is 28.2 Å². The van der Waals surface area contributed by atoms with Crippen LogP contribution in [0.4, 0.5) is 17.1 Å². The molecule has 3 aromatic carbocycles. The predicted molar refractivity (Wildman–Crippen MR) is 149 cm³/mol. The summed E-state index contributed by atoms with van der Waals surface area (Å²) in [5.74, 6) is -2.12. The van der Waals surface area contributed by atoms with Gasteiger partial charge in [0.2, 0.25) is 11.8 Å². The molecule has 196 valence electrons. The lowest BCUT2D eigenvalue weighted by molar-refractivity contribution is -0.114. The molecule has 0 saturated heterocycles. The first-order valence-electron chi connectivity index (χ1n) is 11.5. The first-order chi connectivity index (χ1) is 18.6. The fourth-order valence-electron chi connectivity index (χ4n) is 3.66. The van der Waals surface area contributed by atoms with E-state index in [0.717, 1.165) is 0 Å². The van der Waals surface area contributed by atoms with Gasteiger partial charge in [0, 0.05) is 41.6 Å². The van der Waals surface area contributed by atoms with Crippen molar-refractivity contribution >= 4 is 52.3 Å². The minimum Gasteiger partial charge on any atom is -0.366 e. The highest BCUT2D eigenvalue weighted by atomic mass is 35.5. The molecular weight excluding hydrogens is 522 g/mol. The van der Waals surface area contributed by atoms with Gasteiger partial charge in [-0.1, -0.05) is 17.7 Å². The Bertz CT molecular complexity index is 1660. The number of nitrogens with two attached hydrogens (primary N) is 1. The van der Waals surface area contributed by atoms with Crippen molar-refractivity contribution in [1.29, 1.82) is 0 Å². The molecule has 0 aliphatic carbocycles. The molecule has 5 N–H and O–H groups in total. The number of carbonyl (C=O) groups excluding carboxylic acids is 4. The predicted octanol–water partition coefficient (Wildman–Crippen LogP) is 4.05.